The third-order valence-electron chi connectivity index (χ3n) is 2.62. The fourth-order valence-corrected chi connectivity index (χ4v) is 2.60. The van der Waals surface area contributed by atoms with E-state index < -0.39 is 0 Å². The lowest BCUT2D eigenvalue weighted by atomic mass is 10.1. The highest BCUT2D eigenvalue weighted by Gasteiger charge is 2.09. The summed E-state index contributed by atoms with van der Waals surface area (Å²) in [5.74, 6) is 2.63. The first-order chi connectivity index (χ1) is 9.04. The first kappa shape index (κ1) is 13.9. The van der Waals surface area contributed by atoms with Crippen molar-refractivity contribution in [1.82, 2.24) is 10.1 Å². The minimum absolute atomic E-state index is 0.522. The fourth-order valence-electron chi connectivity index (χ4n) is 1.69. The van der Waals surface area contributed by atoms with Crippen molar-refractivity contribution < 1.29 is 4.52 Å². The number of benzene rings is 1. The minimum atomic E-state index is 0.522. The molecule has 1 aromatic heterocycles. The average Bonchev–Trinajstić information content (AvgIpc) is 2.77. The van der Waals surface area contributed by atoms with Gasteiger partial charge in [-0.15, -0.1) is 11.8 Å². The van der Waals surface area contributed by atoms with Crippen LogP contribution >= 0.6 is 11.8 Å². The molecule has 2 aromatic rings. The lowest BCUT2D eigenvalue weighted by Gasteiger charge is -2.04. The number of anilines is 1. The van der Waals surface area contributed by atoms with E-state index in [4.69, 9.17) is 10.3 Å². The van der Waals surface area contributed by atoms with Crippen LogP contribution in [0.2, 0.25) is 0 Å². The fraction of sp³-hybridized carbons (Fsp3) is 0.429. The van der Waals surface area contributed by atoms with Gasteiger partial charge in [0.15, 0.2) is 5.82 Å². The Morgan fingerprint density at radius 2 is 2.16 bits per heavy atom. The van der Waals surface area contributed by atoms with E-state index in [1.165, 1.54) is 5.56 Å². The van der Waals surface area contributed by atoms with Crippen LogP contribution in [0.1, 0.15) is 31.1 Å². The molecule has 0 saturated heterocycles. The summed E-state index contributed by atoms with van der Waals surface area (Å²) in [6.45, 7) is 6.32. The molecule has 102 valence electrons. The van der Waals surface area contributed by atoms with Crippen molar-refractivity contribution in [2.75, 3.05) is 5.73 Å². The first-order valence-corrected chi connectivity index (χ1v) is 7.33. The van der Waals surface area contributed by atoms with Gasteiger partial charge in [-0.2, -0.15) is 4.98 Å². The number of thioether (sulfide) groups is 1. The van der Waals surface area contributed by atoms with Gasteiger partial charge >= 0.3 is 0 Å². The molecule has 0 aliphatic carbocycles. The van der Waals surface area contributed by atoms with Gasteiger partial charge in [0, 0.05) is 17.0 Å². The SMILES string of the molecule is Cc1ccc(N)c(SCc2noc(CC(C)C)n2)c1. The van der Waals surface area contributed by atoms with E-state index in [1.54, 1.807) is 11.8 Å². The second-order valence-corrected chi connectivity index (χ2v) is 6.05. The molecule has 1 heterocycles. The molecule has 0 bridgehead atoms. The Morgan fingerprint density at radius 1 is 1.37 bits per heavy atom. The van der Waals surface area contributed by atoms with Crippen LogP contribution in [0, 0.1) is 12.8 Å². The molecule has 0 aliphatic heterocycles. The number of aryl methyl sites for hydroxylation is 1. The van der Waals surface area contributed by atoms with Gasteiger partial charge in [0.2, 0.25) is 5.89 Å². The van der Waals surface area contributed by atoms with Crippen LogP contribution in [-0.4, -0.2) is 10.1 Å². The van der Waals surface area contributed by atoms with E-state index in [1.807, 2.05) is 12.1 Å². The topological polar surface area (TPSA) is 64.9 Å². The van der Waals surface area contributed by atoms with Crippen molar-refractivity contribution in [3.8, 4) is 0 Å². The Labute approximate surface area is 117 Å². The molecule has 0 radical (unpaired) electrons. The molecule has 0 unspecified atom stereocenters. The molecule has 19 heavy (non-hydrogen) atoms. The van der Waals surface area contributed by atoms with Crippen molar-refractivity contribution in [2.45, 2.75) is 37.8 Å². The Kier molecular flexibility index (Phi) is 4.47. The Bertz CT molecular complexity index is 551. The number of nitrogen functional groups attached to an aromatic ring is 1. The Hall–Kier alpha value is -1.49. The van der Waals surface area contributed by atoms with Crippen molar-refractivity contribution >= 4 is 17.4 Å². The largest absolute Gasteiger partial charge is 0.398 e. The van der Waals surface area contributed by atoms with E-state index in [-0.39, 0.29) is 0 Å². The lowest BCUT2D eigenvalue weighted by Crippen LogP contribution is -1.94. The standard InChI is InChI=1S/C14H19N3OS/c1-9(2)6-14-16-13(17-18-14)8-19-12-7-10(3)4-5-11(12)15/h4-5,7,9H,6,8,15H2,1-3H3. The zero-order valence-corrected chi connectivity index (χ0v) is 12.3. The van der Waals surface area contributed by atoms with Gasteiger partial charge < -0.3 is 10.3 Å². The molecule has 0 fully saturated rings. The maximum atomic E-state index is 5.94. The summed E-state index contributed by atoms with van der Waals surface area (Å²) >= 11 is 1.64. The van der Waals surface area contributed by atoms with Crippen LogP contribution in [0.3, 0.4) is 0 Å². The Balaban J connectivity index is 1.98. The predicted molar refractivity (Wildman–Crippen MR) is 78.0 cm³/mol. The van der Waals surface area contributed by atoms with Gasteiger partial charge in [0.25, 0.3) is 0 Å². The van der Waals surface area contributed by atoms with Crippen LogP contribution in [0.4, 0.5) is 5.69 Å². The maximum Gasteiger partial charge on any atom is 0.226 e. The van der Waals surface area contributed by atoms with Crippen LogP contribution in [0.25, 0.3) is 0 Å². The van der Waals surface area contributed by atoms with Crippen molar-refractivity contribution in [3.63, 3.8) is 0 Å². The highest BCUT2D eigenvalue weighted by Crippen LogP contribution is 2.28. The summed E-state index contributed by atoms with van der Waals surface area (Å²) in [4.78, 5) is 5.44. The monoisotopic (exact) mass is 277 g/mol. The third-order valence-corrected chi connectivity index (χ3v) is 3.69. The van der Waals surface area contributed by atoms with Crippen LogP contribution in [-0.2, 0) is 12.2 Å². The van der Waals surface area contributed by atoms with Crippen molar-refractivity contribution in [1.29, 1.82) is 0 Å². The smallest absolute Gasteiger partial charge is 0.226 e. The number of rotatable bonds is 5. The molecule has 4 nitrogen and oxygen atoms in total. The summed E-state index contributed by atoms with van der Waals surface area (Å²) in [5, 5.41) is 3.99. The van der Waals surface area contributed by atoms with Crippen LogP contribution in [0.5, 0.6) is 0 Å². The van der Waals surface area contributed by atoms with E-state index in [0.717, 1.165) is 22.8 Å². The highest BCUT2D eigenvalue weighted by atomic mass is 32.2. The minimum Gasteiger partial charge on any atom is -0.398 e. The van der Waals surface area contributed by atoms with Gasteiger partial charge in [-0.3, -0.25) is 0 Å². The summed E-state index contributed by atoms with van der Waals surface area (Å²) in [7, 11) is 0. The van der Waals surface area contributed by atoms with E-state index >= 15 is 0 Å². The summed E-state index contributed by atoms with van der Waals surface area (Å²) < 4.78 is 5.21. The number of nitrogens with two attached hydrogens (primary N) is 1. The molecule has 0 atom stereocenters. The predicted octanol–water partition coefficient (Wildman–Crippen LogP) is 3.45. The van der Waals surface area contributed by atoms with Gasteiger partial charge in [-0.05, 0) is 30.5 Å². The molecule has 0 saturated carbocycles. The van der Waals surface area contributed by atoms with Crippen LogP contribution < -0.4 is 5.73 Å². The quantitative estimate of drug-likeness (QED) is 0.670. The van der Waals surface area contributed by atoms with Gasteiger partial charge in [-0.25, -0.2) is 0 Å². The zero-order chi connectivity index (χ0) is 13.8. The third kappa shape index (κ3) is 3.99. The molecule has 2 N–H and O–H groups in total. The maximum absolute atomic E-state index is 5.94. The molecule has 0 aliphatic rings. The summed E-state index contributed by atoms with van der Waals surface area (Å²) in [6.07, 6.45) is 0.824. The zero-order valence-electron chi connectivity index (χ0n) is 11.5. The molecular weight excluding hydrogens is 258 g/mol. The molecule has 1 aromatic carbocycles. The van der Waals surface area contributed by atoms with E-state index in [2.05, 4.69) is 37.0 Å². The Morgan fingerprint density at radius 3 is 2.89 bits per heavy atom. The number of aromatic nitrogens is 2. The van der Waals surface area contributed by atoms with E-state index in [0.29, 0.717) is 17.6 Å². The number of hydrogen-bond donors (Lipinski definition) is 1. The average molecular weight is 277 g/mol. The lowest BCUT2D eigenvalue weighted by molar-refractivity contribution is 0.360. The first-order valence-electron chi connectivity index (χ1n) is 6.35. The van der Waals surface area contributed by atoms with Gasteiger partial charge in [0.1, 0.15) is 0 Å². The van der Waals surface area contributed by atoms with Crippen molar-refractivity contribution in [3.05, 3.63) is 35.5 Å². The molecule has 0 amide bonds. The van der Waals surface area contributed by atoms with Gasteiger partial charge in [0.05, 0.1) is 5.75 Å². The number of nitrogens with zero attached hydrogens (tertiary/aromatic N) is 2. The summed E-state index contributed by atoms with van der Waals surface area (Å²) in [6, 6.07) is 6.02. The normalized spacial score (nSPS) is 11.2. The molecule has 5 heteroatoms. The number of hydrogen-bond acceptors (Lipinski definition) is 5. The van der Waals surface area contributed by atoms with Crippen molar-refractivity contribution in [2.24, 2.45) is 5.92 Å². The van der Waals surface area contributed by atoms with Gasteiger partial charge in [-0.1, -0.05) is 25.1 Å². The molecule has 2 rings (SSSR count). The second kappa shape index (κ2) is 6.10. The second-order valence-electron chi connectivity index (χ2n) is 5.03. The highest BCUT2D eigenvalue weighted by molar-refractivity contribution is 7.98. The van der Waals surface area contributed by atoms with E-state index in [9.17, 15) is 0 Å². The van der Waals surface area contributed by atoms with Crippen LogP contribution in [0.15, 0.2) is 27.6 Å². The molecular formula is C14H19N3OS. The molecule has 0 spiro atoms. The summed E-state index contributed by atoms with van der Waals surface area (Å²) in [5.41, 5.74) is 7.93.